The molecule has 0 aliphatic rings. The maximum absolute atomic E-state index is 13.4. The predicted octanol–water partition coefficient (Wildman–Crippen LogP) is 1.56. The van der Waals surface area contributed by atoms with Crippen molar-refractivity contribution in [3.05, 3.63) is 35.9 Å². The van der Waals surface area contributed by atoms with Gasteiger partial charge in [0.15, 0.2) is 5.16 Å². The second-order valence-corrected chi connectivity index (χ2v) is 4.20. The summed E-state index contributed by atoms with van der Waals surface area (Å²) in [5, 5.41) is 4.66. The van der Waals surface area contributed by atoms with Gasteiger partial charge in [-0.25, -0.2) is 14.1 Å². The molecule has 0 bridgehead atoms. The van der Waals surface area contributed by atoms with E-state index in [9.17, 15) is 4.39 Å². The molecule has 2 rings (SSSR count). The van der Waals surface area contributed by atoms with Crippen LogP contribution in [0.3, 0.4) is 0 Å². The summed E-state index contributed by atoms with van der Waals surface area (Å²) in [6.45, 7) is 0.173. The van der Waals surface area contributed by atoms with Crippen LogP contribution in [0, 0.1) is 5.82 Å². The van der Waals surface area contributed by atoms with Crippen LogP contribution in [-0.4, -0.2) is 14.8 Å². The largest absolute Gasteiger partial charge is 0.326 e. The summed E-state index contributed by atoms with van der Waals surface area (Å²) in [4.78, 5) is 4.84. The Morgan fingerprint density at radius 3 is 2.94 bits per heavy atom. The van der Waals surface area contributed by atoms with Gasteiger partial charge in [-0.15, -0.1) is 0 Å². The van der Waals surface area contributed by atoms with Crippen LogP contribution in [0.25, 0.3) is 0 Å². The van der Waals surface area contributed by atoms with E-state index in [0.29, 0.717) is 10.7 Å². The van der Waals surface area contributed by atoms with Gasteiger partial charge in [-0.2, -0.15) is 5.10 Å². The minimum absolute atomic E-state index is 0.173. The number of benzene rings is 1. The first-order chi connectivity index (χ1) is 7.72. The van der Waals surface area contributed by atoms with Gasteiger partial charge in [0.2, 0.25) is 0 Å². The molecule has 0 fully saturated rings. The van der Waals surface area contributed by atoms with E-state index in [4.69, 9.17) is 5.73 Å². The molecule has 0 saturated heterocycles. The van der Waals surface area contributed by atoms with Crippen molar-refractivity contribution < 1.29 is 4.39 Å². The molecule has 2 aromatic rings. The van der Waals surface area contributed by atoms with Gasteiger partial charge < -0.3 is 5.73 Å². The Bertz CT molecular complexity index is 497. The minimum atomic E-state index is -0.283. The maximum Gasteiger partial charge on any atom is 0.190 e. The third-order valence-corrected chi connectivity index (χ3v) is 3.31. The molecule has 16 heavy (non-hydrogen) atoms. The lowest BCUT2D eigenvalue weighted by Crippen LogP contribution is -2.02. The number of nitrogens with two attached hydrogens (primary N) is 1. The molecule has 1 heterocycles. The smallest absolute Gasteiger partial charge is 0.190 e. The molecule has 0 spiro atoms. The number of hydrogen-bond donors (Lipinski definition) is 1. The molecule has 1 aromatic carbocycles. The fraction of sp³-hybridized carbons (Fsp3) is 0.200. The highest BCUT2D eigenvalue weighted by atomic mass is 32.2. The summed E-state index contributed by atoms with van der Waals surface area (Å²) in [7, 11) is 1.79. The number of halogens is 1. The molecule has 0 aliphatic carbocycles. The van der Waals surface area contributed by atoms with E-state index in [0.717, 1.165) is 4.90 Å². The first kappa shape index (κ1) is 11.1. The molecule has 0 radical (unpaired) electrons. The van der Waals surface area contributed by atoms with Crippen molar-refractivity contribution in [2.45, 2.75) is 16.6 Å². The summed E-state index contributed by atoms with van der Waals surface area (Å²) < 4.78 is 15.1. The molecule has 2 N–H and O–H groups in total. The lowest BCUT2D eigenvalue weighted by molar-refractivity contribution is 0.604. The fourth-order valence-electron chi connectivity index (χ4n) is 1.31. The molecule has 0 saturated carbocycles. The summed E-state index contributed by atoms with van der Waals surface area (Å²) >= 11 is 1.36. The van der Waals surface area contributed by atoms with E-state index in [1.807, 2.05) is 6.07 Å². The Balaban J connectivity index is 2.35. The van der Waals surface area contributed by atoms with Crippen molar-refractivity contribution in [1.82, 2.24) is 14.8 Å². The van der Waals surface area contributed by atoms with Crippen molar-refractivity contribution in [3.63, 3.8) is 0 Å². The van der Waals surface area contributed by atoms with Gasteiger partial charge >= 0.3 is 0 Å². The van der Waals surface area contributed by atoms with E-state index in [1.165, 1.54) is 24.2 Å². The van der Waals surface area contributed by atoms with Crippen molar-refractivity contribution in [1.29, 1.82) is 0 Å². The van der Waals surface area contributed by atoms with Crippen LogP contribution in [0.15, 0.2) is 34.6 Å². The van der Waals surface area contributed by atoms with Crippen LogP contribution in [-0.2, 0) is 13.6 Å². The monoisotopic (exact) mass is 238 g/mol. The van der Waals surface area contributed by atoms with Crippen molar-refractivity contribution in [2.75, 3.05) is 0 Å². The van der Waals surface area contributed by atoms with Crippen LogP contribution in [0.4, 0.5) is 4.39 Å². The van der Waals surface area contributed by atoms with Gasteiger partial charge in [0.25, 0.3) is 0 Å². The second kappa shape index (κ2) is 4.63. The predicted molar refractivity (Wildman–Crippen MR) is 59.4 cm³/mol. The lowest BCUT2D eigenvalue weighted by Gasteiger charge is -2.07. The molecule has 1 aromatic heterocycles. The summed E-state index contributed by atoms with van der Waals surface area (Å²) in [5.74, 6) is -0.283. The second-order valence-electron chi connectivity index (χ2n) is 3.19. The molecule has 0 amide bonds. The Morgan fingerprint density at radius 2 is 2.31 bits per heavy atom. The fourth-order valence-corrected chi connectivity index (χ4v) is 2.24. The number of rotatable bonds is 3. The summed E-state index contributed by atoms with van der Waals surface area (Å²) in [6, 6.07) is 4.89. The normalized spacial score (nSPS) is 10.7. The zero-order valence-electron chi connectivity index (χ0n) is 8.72. The molecular formula is C10H11FN4S. The zero-order valence-corrected chi connectivity index (χ0v) is 9.54. The number of hydrogen-bond acceptors (Lipinski definition) is 4. The Kier molecular flexibility index (Phi) is 3.21. The average Bonchev–Trinajstić information content (AvgIpc) is 2.65. The molecule has 84 valence electrons. The standard InChI is InChI=1S/C10H11FN4S/c1-15-10(13-6-14-15)16-9-4-2-3-8(11)7(9)5-12/h2-4,6H,5,12H2,1H3. The Labute approximate surface area is 96.7 Å². The highest BCUT2D eigenvalue weighted by molar-refractivity contribution is 7.99. The van der Waals surface area contributed by atoms with Crippen LogP contribution >= 0.6 is 11.8 Å². The van der Waals surface area contributed by atoms with E-state index in [1.54, 1.807) is 17.8 Å². The SMILES string of the molecule is Cn1ncnc1Sc1cccc(F)c1CN. The van der Waals surface area contributed by atoms with Crippen molar-refractivity contribution in [3.8, 4) is 0 Å². The number of aromatic nitrogens is 3. The summed E-state index contributed by atoms with van der Waals surface area (Å²) in [5.41, 5.74) is 6.03. The average molecular weight is 238 g/mol. The van der Waals surface area contributed by atoms with Crippen LogP contribution in [0.1, 0.15) is 5.56 Å². The third kappa shape index (κ3) is 2.07. The highest BCUT2D eigenvalue weighted by Gasteiger charge is 2.10. The quantitative estimate of drug-likeness (QED) is 0.881. The van der Waals surface area contributed by atoms with Gasteiger partial charge in [-0.05, 0) is 23.9 Å². The Morgan fingerprint density at radius 1 is 1.50 bits per heavy atom. The van der Waals surface area contributed by atoms with Gasteiger partial charge in [-0.3, -0.25) is 0 Å². The lowest BCUT2D eigenvalue weighted by atomic mass is 10.2. The van der Waals surface area contributed by atoms with Crippen LogP contribution in [0.5, 0.6) is 0 Å². The molecular weight excluding hydrogens is 227 g/mol. The molecule has 0 aliphatic heterocycles. The molecule has 4 nitrogen and oxygen atoms in total. The summed E-state index contributed by atoms with van der Waals surface area (Å²) in [6.07, 6.45) is 1.46. The first-order valence-electron chi connectivity index (χ1n) is 4.71. The highest BCUT2D eigenvalue weighted by Crippen LogP contribution is 2.29. The Hall–Kier alpha value is -1.40. The molecule has 0 unspecified atom stereocenters. The first-order valence-corrected chi connectivity index (χ1v) is 5.53. The van der Waals surface area contributed by atoms with E-state index >= 15 is 0 Å². The van der Waals surface area contributed by atoms with Crippen molar-refractivity contribution in [2.24, 2.45) is 12.8 Å². The van der Waals surface area contributed by atoms with Gasteiger partial charge in [0.05, 0.1) is 0 Å². The zero-order chi connectivity index (χ0) is 11.5. The third-order valence-electron chi connectivity index (χ3n) is 2.15. The number of aryl methyl sites for hydroxylation is 1. The van der Waals surface area contributed by atoms with Gasteiger partial charge in [-0.1, -0.05) is 6.07 Å². The van der Waals surface area contributed by atoms with Gasteiger partial charge in [0, 0.05) is 24.1 Å². The minimum Gasteiger partial charge on any atom is -0.326 e. The van der Waals surface area contributed by atoms with E-state index in [2.05, 4.69) is 10.1 Å². The van der Waals surface area contributed by atoms with Crippen molar-refractivity contribution >= 4 is 11.8 Å². The van der Waals surface area contributed by atoms with E-state index in [-0.39, 0.29) is 12.4 Å². The van der Waals surface area contributed by atoms with Gasteiger partial charge in [0.1, 0.15) is 12.1 Å². The molecule has 0 atom stereocenters. The maximum atomic E-state index is 13.4. The molecule has 6 heteroatoms. The van der Waals surface area contributed by atoms with Crippen LogP contribution < -0.4 is 5.73 Å². The number of nitrogens with zero attached hydrogens (tertiary/aromatic N) is 3. The van der Waals surface area contributed by atoms with E-state index < -0.39 is 0 Å². The van der Waals surface area contributed by atoms with Crippen LogP contribution in [0.2, 0.25) is 0 Å². The topological polar surface area (TPSA) is 56.7 Å².